The SMILES string of the molecule is CS(=O)(=O)NC1CCCN(C(=O)/C=C/C(=O)O)C1. The zero-order chi connectivity index (χ0) is 13.8. The predicted octanol–water partition coefficient (Wildman–Crippen LogP) is -0.833. The van der Waals surface area contributed by atoms with Gasteiger partial charge in [0.25, 0.3) is 0 Å². The number of aliphatic carboxylic acids is 1. The van der Waals surface area contributed by atoms with Crippen LogP contribution in [0.5, 0.6) is 0 Å². The molecule has 1 aliphatic rings. The van der Waals surface area contributed by atoms with E-state index in [1.807, 2.05) is 0 Å². The standard InChI is InChI=1S/C10H16N2O5S/c1-18(16,17)11-8-3-2-6-12(7-8)9(13)4-5-10(14)15/h4-5,8,11H,2-3,6-7H2,1H3,(H,14,15)/b5-4+. The lowest BCUT2D eigenvalue weighted by Gasteiger charge is -2.32. The van der Waals surface area contributed by atoms with Gasteiger partial charge in [0.1, 0.15) is 0 Å². The number of piperidine rings is 1. The highest BCUT2D eigenvalue weighted by atomic mass is 32.2. The van der Waals surface area contributed by atoms with Crippen molar-refractivity contribution in [3.8, 4) is 0 Å². The van der Waals surface area contributed by atoms with Crippen molar-refractivity contribution < 1.29 is 23.1 Å². The summed E-state index contributed by atoms with van der Waals surface area (Å²) < 4.78 is 24.6. The number of carbonyl (C=O) groups excluding carboxylic acids is 1. The Morgan fingerprint density at radius 1 is 1.39 bits per heavy atom. The maximum absolute atomic E-state index is 11.6. The highest BCUT2D eigenvalue weighted by Crippen LogP contribution is 2.11. The van der Waals surface area contributed by atoms with Crippen molar-refractivity contribution in [2.75, 3.05) is 19.3 Å². The lowest BCUT2D eigenvalue weighted by Crippen LogP contribution is -2.49. The van der Waals surface area contributed by atoms with E-state index >= 15 is 0 Å². The highest BCUT2D eigenvalue weighted by Gasteiger charge is 2.24. The fraction of sp³-hybridized carbons (Fsp3) is 0.600. The molecule has 1 fully saturated rings. The summed E-state index contributed by atoms with van der Waals surface area (Å²) >= 11 is 0. The van der Waals surface area contributed by atoms with Crippen LogP contribution in [0.1, 0.15) is 12.8 Å². The van der Waals surface area contributed by atoms with E-state index < -0.39 is 21.9 Å². The number of carboxylic acid groups (broad SMARTS) is 1. The first kappa shape index (κ1) is 14.7. The molecule has 0 radical (unpaired) electrons. The van der Waals surface area contributed by atoms with Gasteiger partial charge in [-0.15, -0.1) is 0 Å². The molecule has 1 amide bonds. The van der Waals surface area contributed by atoms with Crippen molar-refractivity contribution >= 4 is 21.9 Å². The summed E-state index contributed by atoms with van der Waals surface area (Å²) in [7, 11) is -3.30. The quantitative estimate of drug-likeness (QED) is 0.652. The Morgan fingerprint density at radius 3 is 2.61 bits per heavy atom. The van der Waals surface area contributed by atoms with Gasteiger partial charge in [0, 0.05) is 31.3 Å². The van der Waals surface area contributed by atoms with Gasteiger partial charge < -0.3 is 10.0 Å². The monoisotopic (exact) mass is 276 g/mol. The molecule has 2 N–H and O–H groups in total. The molecular formula is C10H16N2O5S. The van der Waals surface area contributed by atoms with Crippen LogP contribution in [0.3, 0.4) is 0 Å². The van der Waals surface area contributed by atoms with Gasteiger partial charge in [0.15, 0.2) is 0 Å². The molecule has 8 heteroatoms. The van der Waals surface area contributed by atoms with Gasteiger partial charge in [-0.3, -0.25) is 4.79 Å². The number of hydrogen-bond acceptors (Lipinski definition) is 4. The van der Waals surface area contributed by atoms with E-state index in [-0.39, 0.29) is 12.6 Å². The topological polar surface area (TPSA) is 104 Å². The van der Waals surface area contributed by atoms with E-state index in [2.05, 4.69) is 4.72 Å². The van der Waals surface area contributed by atoms with Crippen LogP contribution in [0, 0.1) is 0 Å². The van der Waals surface area contributed by atoms with Crippen LogP contribution in [-0.4, -0.2) is 55.7 Å². The van der Waals surface area contributed by atoms with E-state index in [0.717, 1.165) is 18.4 Å². The number of sulfonamides is 1. The molecule has 0 spiro atoms. The second kappa shape index (κ2) is 5.96. The van der Waals surface area contributed by atoms with Crippen LogP contribution in [0.25, 0.3) is 0 Å². The third kappa shape index (κ3) is 5.28. The molecule has 1 rings (SSSR count). The van der Waals surface area contributed by atoms with Crippen molar-refractivity contribution in [2.24, 2.45) is 0 Å². The fourth-order valence-electron chi connectivity index (χ4n) is 1.82. The summed E-state index contributed by atoms with van der Waals surface area (Å²) in [4.78, 5) is 23.3. The van der Waals surface area contributed by atoms with Gasteiger partial charge >= 0.3 is 5.97 Å². The molecule has 18 heavy (non-hydrogen) atoms. The minimum Gasteiger partial charge on any atom is -0.478 e. The van der Waals surface area contributed by atoms with Crippen LogP contribution in [-0.2, 0) is 19.6 Å². The Labute approximate surface area is 106 Å². The van der Waals surface area contributed by atoms with Crippen molar-refractivity contribution in [2.45, 2.75) is 18.9 Å². The molecule has 0 aromatic heterocycles. The van der Waals surface area contributed by atoms with Crippen molar-refractivity contribution in [1.29, 1.82) is 0 Å². The number of rotatable bonds is 4. The summed E-state index contributed by atoms with van der Waals surface area (Å²) in [5, 5.41) is 8.42. The molecule has 1 aliphatic heterocycles. The lowest BCUT2D eigenvalue weighted by molar-refractivity contribution is -0.132. The number of nitrogens with one attached hydrogen (secondary N) is 1. The third-order valence-corrected chi connectivity index (χ3v) is 3.24. The molecule has 0 aromatic rings. The normalized spacial score (nSPS) is 21.2. The highest BCUT2D eigenvalue weighted by molar-refractivity contribution is 7.88. The third-order valence-electron chi connectivity index (χ3n) is 2.48. The van der Waals surface area contributed by atoms with Gasteiger partial charge in [0.2, 0.25) is 15.9 Å². The minimum atomic E-state index is -3.30. The number of hydrogen-bond donors (Lipinski definition) is 2. The van der Waals surface area contributed by atoms with Crippen molar-refractivity contribution in [3.63, 3.8) is 0 Å². The van der Waals surface area contributed by atoms with Crippen LogP contribution >= 0.6 is 0 Å². The molecule has 7 nitrogen and oxygen atoms in total. The summed E-state index contributed by atoms with van der Waals surface area (Å²) in [6.07, 6.45) is 4.17. The van der Waals surface area contributed by atoms with Crippen molar-refractivity contribution in [1.82, 2.24) is 9.62 Å². The van der Waals surface area contributed by atoms with Gasteiger partial charge in [-0.2, -0.15) is 0 Å². The maximum Gasteiger partial charge on any atom is 0.328 e. The molecule has 1 saturated heterocycles. The average molecular weight is 276 g/mol. The molecule has 1 heterocycles. The van der Waals surface area contributed by atoms with Crippen LogP contribution in [0.2, 0.25) is 0 Å². The molecule has 0 aliphatic carbocycles. The molecule has 1 atom stereocenters. The van der Waals surface area contributed by atoms with Crippen LogP contribution < -0.4 is 4.72 Å². The second-order valence-corrected chi connectivity index (χ2v) is 5.97. The van der Waals surface area contributed by atoms with E-state index in [9.17, 15) is 18.0 Å². The molecule has 0 bridgehead atoms. The van der Waals surface area contributed by atoms with Crippen LogP contribution in [0.15, 0.2) is 12.2 Å². The Morgan fingerprint density at radius 2 is 2.06 bits per heavy atom. The zero-order valence-corrected chi connectivity index (χ0v) is 10.8. The smallest absolute Gasteiger partial charge is 0.328 e. The summed E-state index contributed by atoms with van der Waals surface area (Å²) in [5.74, 6) is -1.61. The van der Waals surface area contributed by atoms with Gasteiger partial charge in [0.05, 0.1) is 6.26 Å². The number of amides is 1. The molecular weight excluding hydrogens is 260 g/mol. The Balaban J connectivity index is 2.58. The zero-order valence-electron chi connectivity index (χ0n) is 10.00. The van der Waals surface area contributed by atoms with Crippen molar-refractivity contribution in [3.05, 3.63) is 12.2 Å². The summed E-state index contributed by atoms with van der Waals surface area (Å²) in [6, 6.07) is -0.309. The molecule has 0 aromatic carbocycles. The van der Waals surface area contributed by atoms with E-state index in [0.29, 0.717) is 19.4 Å². The predicted molar refractivity (Wildman–Crippen MR) is 64.4 cm³/mol. The lowest BCUT2D eigenvalue weighted by atomic mass is 10.1. The van der Waals surface area contributed by atoms with E-state index in [1.165, 1.54) is 4.90 Å². The average Bonchev–Trinajstić information content (AvgIpc) is 2.23. The number of carbonyl (C=O) groups is 2. The van der Waals surface area contributed by atoms with Gasteiger partial charge in [-0.25, -0.2) is 17.9 Å². The van der Waals surface area contributed by atoms with Gasteiger partial charge in [-0.05, 0) is 12.8 Å². The first-order chi connectivity index (χ1) is 8.28. The minimum absolute atomic E-state index is 0.260. The van der Waals surface area contributed by atoms with Gasteiger partial charge in [-0.1, -0.05) is 0 Å². The molecule has 1 unspecified atom stereocenters. The number of likely N-dealkylation sites (tertiary alicyclic amines) is 1. The van der Waals surface area contributed by atoms with Crippen LogP contribution in [0.4, 0.5) is 0 Å². The van der Waals surface area contributed by atoms with E-state index in [1.54, 1.807) is 0 Å². The summed E-state index contributed by atoms with van der Waals surface area (Å²) in [5.41, 5.74) is 0. The Kier molecular flexibility index (Phi) is 4.85. The molecule has 102 valence electrons. The number of nitrogens with zero attached hydrogens (tertiary/aromatic N) is 1. The Bertz CT molecular complexity index is 457. The first-order valence-electron chi connectivity index (χ1n) is 5.45. The largest absolute Gasteiger partial charge is 0.478 e. The first-order valence-corrected chi connectivity index (χ1v) is 7.34. The maximum atomic E-state index is 11.6. The van der Waals surface area contributed by atoms with E-state index in [4.69, 9.17) is 5.11 Å². The fourth-order valence-corrected chi connectivity index (χ4v) is 2.62. The number of carboxylic acids is 1. The molecule has 0 saturated carbocycles. The summed E-state index contributed by atoms with van der Waals surface area (Å²) in [6.45, 7) is 0.764. The second-order valence-electron chi connectivity index (χ2n) is 4.18. The Hall–Kier alpha value is -1.41.